The zero-order valence-electron chi connectivity index (χ0n) is 20.6. The molecular formula is C30H38N2O3. The van der Waals surface area contributed by atoms with Crippen molar-refractivity contribution in [1.82, 2.24) is 10.2 Å². The van der Waals surface area contributed by atoms with Gasteiger partial charge in [0.2, 0.25) is 0 Å². The molecule has 1 aromatic rings. The highest BCUT2D eigenvalue weighted by Gasteiger charge is 2.79. The number of hydrogen-bond donors (Lipinski definition) is 3. The minimum absolute atomic E-state index is 0.0738. The number of piperidine rings is 2. The molecule has 4 aliphatic heterocycles. The summed E-state index contributed by atoms with van der Waals surface area (Å²) in [4.78, 5) is 13.5. The molecule has 35 heavy (non-hydrogen) atoms. The van der Waals surface area contributed by atoms with E-state index in [4.69, 9.17) is 0 Å². The van der Waals surface area contributed by atoms with Crippen LogP contribution in [0.4, 0.5) is 0 Å². The van der Waals surface area contributed by atoms with Gasteiger partial charge in [0, 0.05) is 40.9 Å². The lowest BCUT2D eigenvalue weighted by Gasteiger charge is -2.48. The van der Waals surface area contributed by atoms with Gasteiger partial charge in [0.25, 0.3) is 0 Å². The molecule has 3 N–H and O–H groups in total. The molecule has 8 bridgehead atoms. The van der Waals surface area contributed by atoms with E-state index in [2.05, 4.69) is 41.4 Å². The molecule has 0 aromatic heterocycles. The Morgan fingerprint density at radius 3 is 2.77 bits per heavy atom. The second kappa shape index (κ2) is 7.06. The van der Waals surface area contributed by atoms with Crippen LogP contribution in [-0.2, 0) is 0 Å². The number of aldehydes is 1. The van der Waals surface area contributed by atoms with Gasteiger partial charge in [-0.2, -0.15) is 0 Å². The Kier molecular flexibility index (Phi) is 4.35. The highest BCUT2D eigenvalue weighted by Crippen LogP contribution is 2.68. The van der Waals surface area contributed by atoms with Crippen molar-refractivity contribution in [1.29, 1.82) is 0 Å². The van der Waals surface area contributed by atoms with E-state index in [1.807, 2.05) is 12.1 Å². The Balaban J connectivity index is 1.13. The summed E-state index contributed by atoms with van der Waals surface area (Å²) in [5, 5.41) is 27.6. The summed E-state index contributed by atoms with van der Waals surface area (Å²) in [5.41, 5.74) is 1.30. The van der Waals surface area contributed by atoms with Crippen LogP contribution in [0.1, 0.15) is 73.7 Å². The number of nitrogens with one attached hydrogen (secondary N) is 1. The van der Waals surface area contributed by atoms with E-state index in [0.29, 0.717) is 41.3 Å². The largest absolute Gasteiger partial charge is 0.392 e. The molecule has 0 radical (unpaired) electrons. The van der Waals surface area contributed by atoms with E-state index in [1.165, 1.54) is 37.7 Å². The number of rotatable bonds is 4. The van der Waals surface area contributed by atoms with Crippen LogP contribution in [0.5, 0.6) is 0 Å². The van der Waals surface area contributed by atoms with Gasteiger partial charge in [-0.1, -0.05) is 49.8 Å². The van der Waals surface area contributed by atoms with Gasteiger partial charge in [0.05, 0.1) is 12.1 Å². The summed E-state index contributed by atoms with van der Waals surface area (Å²) in [5.74, 6) is 2.77. The van der Waals surface area contributed by atoms with Crippen molar-refractivity contribution >= 4 is 6.29 Å². The average Bonchev–Trinajstić information content (AvgIpc) is 3.13. The minimum atomic E-state index is -0.732. The number of benzene rings is 1. The molecule has 5 heteroatoms. The van der Waals surface area contributed by atoms with Gasteiger partial charge in [-0.15, -0.1) is 0 Å². The van der Waals surface area contributed by atoms with Crippen molar-refractivity contribution in [3.63, 3.8) is 0 Å². The smallest absolute Gasteiger partial charge is 0.150 e. The first-order chi connectivity index (χ1) is 17.0. The predicted octanol–water partition coefficient (Wildman–Crippen LogP) is 3.47. The summed E-state index contributed by atoms with van der Waals surface area (Å²) in [6, 6.07) is 9.16. The number of aliphatic hydroxyl groups is 2. The molecule has 8 aliphatic rings. The average molecular weight is 475 g/mol. The van der Waals surface area contributed by atoms with Gasteiger partial charge in [-0.05, 0) is 67.8 Å². The molecule has 6 fully saturated rings. The number of hydrogen-bond acceptors (Lipinski definition) is 5. The van der Waals surface area contributed by atoms with Crippen LogP contribution in [0.25, 0.3) is 0 Å². The van der Waals surface area contributed by atoms with Gasteiger partial charge < -0.3 is 15.5 Å². The molecule has 4 aliphatic carbocycles. The minimum Gasteiger partial charge on any atom is -0.392 e. The van der Waals surface area contributed by atoms with E-state index in [1.54, 1.807) is 0 Å². The molecule has 9 rings (SSSR count). The fourth-order valence-corrected chi connectivity index (χ4v) is 10.9. The monoisotopic (exact) mass is 474 g/mol. The van der Waals surface area contributed by atoms with Crippen molar-refractivity contribution in [2.45, 2.75) is 93.8 Å². The summed E-state index contributed by atoms with van der Waals surface area (Å²) < 4.78 is 0. The molecule has 3 saturated carbocycles. The van der Waals surface area contributed by atoms with Crippen molar-refractivity contribution in [3.05, 3.63) is 47.5 Å². The van der Waals surface area contributed by atoms with Crippen LogP contribution in [-0.4, -0.2) is 57.4 Å². The first-order valence-corrected chi connectivity index (χ1v) is 14.2. The van der Waals surface area contributed by atoms with E-state index in [-0.39, 0.29) is 35.4 Å². The second-order valence-corrected chi connectivity index (χ2v) is 13.1. The summed E-state index contributed by atoms with van der Waals surface area (Å²) >= 11 is 0. The van der Waals surface area contributed by atoms with Crippen molar-refractivity contribution < 1.29 is 15.0 Å². The molecule has 5 nitrogen and oxygen atoms in total. The molecule has 1 spiro atoms. The third-order valence-electron chi connectivity index (χ3n) is 12.2. The highest BCUT2D eigenvalue weighted by atomic mass is 16.3. The molecule has 186 valence electrons. The van der Waals surface area contributed by atoms with E-state index in [0.717, 1.165) is 19.1 Å². The maximum absolute atomic E-state index is 12.1. The Labute approximate surface area is 208 Å². The molecule has 1 aromatic carbocycles. The van der Waals surface area contributed by atoms with E-state index >= 15 is 0 Å². The third-order valence-corrected chi connectivity index (χ3v) is 12.2. The van der Waals surface area contributed by atoms with Crippen LogP contribution < -0.4 is 5.32 Å². The van der Waals surface area contributed by atoms with Crippen molar-refractivity contribution in [2.75, 3.05) is 0 Å². The highest BCUT2D eigenvalue weighted by molar-refractivity contribution is 5.74. The Bertz CT molecular complexity index is 1090. The summed E-state index contributed by atoms with van der Waals surface area (Å²) in [6.07, 6.45) is 13.8. The van der Waals surface area contributed by atoms with Gasteiger partial charge >= 0.3 is 0 Å². The van der Waals surface area contributed by atoms with Gasteiger partial charge in [0.15, 0.2) is 0 Å². The first kappa shape index (κ1) is 21.5. The fraction of sp³-hybridized carbons (Fsp3) is 0.700. The number of aliphatic hydroxyl groups excluding tert-OH is 1. The molecule has 1 unspecified atom stereocenters. The van der Waals surface area contributed by atoms with Crippen LogP contribution in [0, 0.1) is 35.0 Å². The molecule has 14 atom stereocenters. The topological polar surface area (TPSA) is 72.6 Å². The third kappa shape index (κ3) is 2.52. The summed E-state index contributed by atoms with van der Waals surface area (Å²) in [7, 11) is 0. The van der Waals surface area contributed by atoms with Gasteiger partial charge in [-0.25, -0.2) is 0 Å². The van der Waals surface area contributed by atoms with Crippen molar-refractivity contribution in [2.24, 2.45) is 35.0 Å². The maximum Gasteiger partial charge on any atom is 0.150 e. The number of carbonyl (C=O) groups is 1. The Morgan fingerprint density at radius 2 is 1.97 bits per heavy atom. The lowest BCUT2D eigenvalue weighted by Crippen LogP contribution is -2.61. The van der Waals surface area contributed by atoms with Crippen LogP contribution in [0.3, 0.4) is 0 Å². The quantitative estimate of drug-likeness (QED) is 0.354. The number of nitrogens with zero attached hydrogens (tertiary/aromatic N) is 1. The lowest BCUT2D eigenvalue weighted by molar-refractivity contribution is -0.0164. The second-order valence-electron chi connectivity index (χ2n) is 13.1. The maximum atomic E-state index is 12.1. The van der Waals surface area contributed by atoms with Crippen LogP contribution in [0.2, 0.25) is 0 Å². The standard InChI is InChI=1S/C30H38N2O3/c1-16(18-6-4-17(15-33)5-7-18)27-21-10-11-24-30(35,32(24)27)26(21)23-13-19-8-9-20-3-2-12-29(20)25(34)14-22(19)28(29)31-23/h4-7,10-11,15-16,19-28,31,34-35H,2-3,8-9,12-14H2,1H3/t16-,19+,20+,21+,22-,23+,24-,25+,26-,27-,28+,29+,30-,32?/m1/s1. The molecule has 0 amide bonds. The zero-order chi connectivity index (χ0) is 23.7. The zero-order valence-corrected chi connectivity index (χ0v) is 20.6. The predicted molar refractivity (Wildman–Crippen MR) is 133 cm³/mol. The van der Waals surface area contributed by atoms with Crippen molar-refractivity contribution in [3.8, 4) is 0 Å². The fourth-order valence-electron chi connectivity index (χ4n) is 10.9. The van der Waals surface area contributed by atoms with E-state index < -0.39 is 5.72 Å². The summed E-state index contributed by atoms with van der Waals surface area (Å²) in [6.45, 7) is 2.29. The molecule has 4 heterocycles. The normalized spacial score (nSPS) is 55.3. The van der Waals surface area contributed by atoms with Gasteiger partial charge in [-0.3, -0.25) is 9.69 Å². The lowest BCUT2D eigenvalue weighted by atomic mass is 9.65. The van der Waals surface area contributed by atoms with Gasteiger partial charge in [0.1, 0.15) is 12.0 Å². The van der Waals surface area contributed by atoms with Crippen LogP contribution >= 0.6 is 0 Å². The molecule has 3 saturated heterocycles. The Morgan fingerprint density at radius 1 is 1.14 bits per heavy atom. The van der Waals surface area contributed by atoms with Crippen LogP contribution in [0.15, 0.2) is 36.4 Å². The van der Waals surface area contributed by atoms with E-state index in [9.17, 15) is 15.0 Å². The Hall–Kier alpha value is -1.53. The molecular weight excluding hydrogens is 436 g/mol. The SMILES string of the molecule is C[C@H](c1ccc(C=O)cc1)[C@@H]1[C@H]2C=C[C@H]3N1[C@]3(O)[C@H]2[C@@H]1C[C@@H]2CC[C@@H]3CCC[C@@]34[C@@H](O)C[C@H]2[C@@H]4N1. The first-order valence-electron chi connectivity index (χ1n) is 14.2. The number of carbonyl (C=O) groups excluding carboxylic acids is 1.